The van der Waals surface area contributed by atoms with Crippen LogP contribution in [0.2, 0.25) is 0 Å². The van der Waals surface area contributed by atoms with Gasteiger partial charge in [-0.05, 0) is 96.0 Å². The van der Waals surface area contributed by atoms with E-state index in [-0.39, 0.29) is 30.2 Å². The number of hydrogen-bond donors (Lipinski definition) is 2. The molecule has 2 aliphatic rings. The molecule has 0 bridgehead atoms. The predicted octanol–water partition coefficient (Wildman–Crippen LogP) is 6.95. The number of carbonyl (C=O) groups excluding carboxylic acids is 3. The number of likely N-dealkylation sites (tertiary alicyclic amines) is 2. The zero-order chi connectivity index (χ0) is 32.4. The Morgan fingerprint density at radius 2 is 1.33 bits per heavy atom. The van der Waals surface area contributed by atoms with Crippen molar-refractivity contribution in [1.82, 2.24) is 25.1 Å². The Morgan fingerprint density at radius 1 is 0.800 bits per heavy atom. The summed E-state index contributed by atoms with van der Waals surface area (Å²) in [5.41, 5.74) is 3.35. The number of nitrogens with zero attached hydrogens (tertiary/aromatic N) is 3. The number of aromatic amines is 1. The number of H-pyrrole nitrogens is 1. The van der Waals surface area contributed by atoms with Gasteiger partial charge < -0.3 is 24.7 Å². The fraction of sp³-hybridized carbons (Fsp3) is 0.486. The summed E-state index contributed by atoms with van der Waals surface area (Å²) in [6.07, 6.45) is 4.63. The molecule has 3 heterocycles. The summed E-state index contributed by atoms with van der Waals surface area (Å²) in [5.74, 6) is 0.590. The average molecular weight is 616 g/mol. The Hall–Kier alpha value is -4.34. The van der Waals surface area contributed by atoms with Crippen molar-refractivity contribution < 1.29 is 23.9 Å². The molecule has 2 saturated heterocycles. The van der Waals surface area contributed by atoms with E-state index in [1.165, 1.54) is 0 Å². The van der Waals surface area contributed by atoms with Crippen LogP contribution < -0.4 is 5.32 Å². The average Bonchev–Trinajstić information content (AvgIpc) is 3.75. The standard InChI is InChI=1S/C35H45N5O5/c1-34(2,3)44-32(42)39-19-7-9-27(39)21-37-31(41)26-17-13-24(14-18-26)23-11-15-25(16-12-23)28-22-36-30(38-28)29-10-8-20-40(29)33(43)45-35(4,5)6/h11-18,22,27,29H,7-10,19-21H2,1-6H3,(H,36,38)(H,37,41)/t27?,29-/m0/s1. The summed E-state index contributed by atoms with van der Waals surface area (Å²) in [6, 6.07) is 15.4. The van der Waals surface area contributed by atoms with Crippen LogP contribution in [0.25, 0.3) is 22.4 Å². The molecule has 0 spiro atoms. The Balaban J connectivity index is 1.17. The molecule has 45 heavy (non-hydrogen) atoms. The Labute approximate surface area is 265 Å². The summed E-state index contributed by atoms with van der Waals surface area (Å²) >= 11 is 0. The summed E-state index contributed by atoms with van der Waals surface area (Å²) < 4.78 is 11.1. The van der Waals surface area contributed by atoms with Crippen molar-refractivity contribution >= 4 is 18.1 Å². The Kier molecular flexibility index (Phi) is 9.23. The SMILES string of the molecule is CC(C)(C)OC(=O)N1CCCC1CNC(=O)c1ccc(-c2ccc(-c3cnc([C@@H]4CCCN4C(=O)OC(C)(C)C)[nH]3)cc2)cc1. The van der Waals surface area contributed by atoms with Crippen molar-refractivity contribution in [3.8, 4) is 22.4 Å². The maximum Gasteiger partial charge on any atom is 0.410 e. The van der Waals surface area contributed by atoms with Crippen molar-refractivity contribution in [3.63, 3.8) is 0 Å². The lowest BCUT2D eigenvalue weighted by atomic mass is 10.0. The normalized spacial score (nSPS) is 18.6. The van der Waals surface area contributed by atoms with Crippen LogP contribution >= 0.6 is 0 Å². The second-order valence-electron chi connectivity index (χ2n) is 13.8. The van der Waals surface area contributed by atoms with Crippen molar-refractivity contribution in [3.05, 3.63) is 66.1 Å². The topological polar surface area (TPSA) is 117 Å². The van der Waals surface area contributed by atoms with Gasteiger partial charge in [-0.15, -0.1) is 0 Å². The number of nitrogens with one attached hydrogen (secondary N) is 2. The van der Waals surface area contributed by atoms with E-state index in [4.69, 9.17) is 9.47 Å². The fourth-order valence-electron chi connectivity index (χ4n) is 5.82. The lowest BCUT2D eigenvalue weighted by molar-refractivity contribution is 0.0211. The van der Waals surface area contributed by atoms with Crippen molar-refractivity contribution in [1.29, 1.82) is 0 Å². The first kappa shape index (κ1) is 32.1. The summed E-state index contributed by atoms with van der Waals surface area (Å²) in [7, 11) is 0. The largest absolute Gasteiger partial charge is 0.444 e. The summed E-state index contributed by atoms with van der Waals surface area (Å²) in [4.78, 5) is 49.7. The molecule has 3 aromatic rings. The Morgan fingerprint density at radius 3 is 1.96 bits per heavy atom. The minimum Gasteiger partial charge on any atom is -0.444 e. The molecule has 0 aliphatic carbocycles. The zero-order valence-corrected chi connectivity index (χ0v) is 27.2. The first-order chi connectivity index (χ1) is 21.3. The van der Waals surface area contributed by atoms with Crippen LogP contribution in [0.4, 0.5) is 9.59 Å². The van der Waals surface area contributed by atoms with Crippen LogP contribution in [-0.2, 0) is 9.47 Å². The van der Waals surface area contributed by atoms with Gasteiger partial charge in [0.1, 0.15) is 17.0 Å². The lowest BCUT2D eigenvalue weighted by Gasteiger charge is -2.28. The molecule has 3 amide bonds. The molecule has 240 valence electrons. The molecular weight excluding hydrogens is 570 g/mol. The van der Waals surface area contributed by atoms with Gasteiger partial charge in [-0.25, -0.2) is 14.6 Å². The van der Waals surface area contributed by atoms with Crippen LogP contribution in [0, 0.1) is 0 Å². The van der Waals surface area contributed by atoms with E-state index >= 15 is 0 Å². The highest BCUT2D eigenvalue weighted by molar-refractivity contribution is 5.94. The monoisotopic (exact) mass is 615 g/mol. The molecule has 2 aromatic carbocycles. The highest BCUT2D eigenvalue weighted by Gasteiger charge is 2.35. The predicted molar refractivity (Wildman–Crippen MR) is 173 cm³/mol. The van der Waals surface area contributed by atoms with Gasteiger partial charge in [0, 0.05) is 25.2 Å². The van der Waals surface area contributed by atoms with Gasteiger partial charge in [-0.1, -0.05) is 36.4 Å². The molecule has 2 fully saturated rings. The number of carbonyl (C=O) groups is 3. The molecule has 5 rings (SSSR count). The number of imidazole rings is 1. The van der Waals surface area contributed by atoms with E-state index in [2.05, 4.69) is 15.3 Å². The molecule has 0 saturated carbocycles. The highest BCUT2D eigenvalue weighted by atomic mass is 16.6. The maximum absolute atomic E-state index is 12.9. The molecule has 2 atom stereocenters. The second-order valence-corrected chi connectivity index (χ2v) is 13.8. The van der Waals surface area contributed by atoms with Crippen LogP contribution in [0.3, 0.4) is 0 Å². The number of benzene rings is 2. The molecule has 2 N–H and O–H groups in total. The quantitative estimate of drug-likeness (QED) is 0.310. The number of aromatic nitrogens is 2. The molecule has 1 aromatic heterocycles. The van der Waals surface area contributed by atoms with Crippen molar-refractivity contribution in [2.75, 3.05) is 19.6 Å². The second kappa shape index (κ2) is 12.9. The molecule has 0 radical (unpaired) electrons. The molecule has 10 heteroatoms. The summed E-state index contributed by atoms with van der Waals surface area (Å²) in [5, 5.41) is 2.99. The third-order valence-corrected chi connectivity index (χ3v) is 7.97. The molecular formula is C35H45N5O5. The van der Waals surface area contributed by atoms with E-state index in [9.17, 15) is 14.4 Å². The minimum atomic E-state index is -0.555. The van der Waals surface area contributed by atoms with E-state index in [1.54, 1.807) is 9.80 Å². The number of hydrogen-bond acceptors (Lipinski definition) is 6. The van der Waals surface area contributed by atoms with Crippen molar-refractivity contribution in [2.45, 2.75) is 90.5 Å². The minimum absolute atomic E-state index is 0.0744. The lowest BCUT2D eigenvalue weighted by Crippen LogP contribution is -2.45. The van der Waals surface area contributed by atoms with Gasteiger partial charge in [0.25, 0.3) is 5.91 Å². The number of rotatable bonds is 6. The molecule has 1 unspecified atom stereocenters. The van der Waals surface area contributed by atoms with E-state index in [1.807, 2.05) is 96.3 Å². The highest BCUT2D eigenvalue weighted by Crippen LogP contribution is 2.33. The van der Waals surface area contributed by atoms with Gasteiger partial charge in [0.15, 0.2) is 0 Å². The zero-order valence-electron chi connectivity index (χ0n) is 27.2. The van der Waals surface area contributed by atoms with Crippen LogP contribution in [0.15, 0.2) is 54.7 Å². The van der Waals surface area contributed by atoms with Crippen molar-refractivity contribution in [2.24, 2.45) is 0 Å². The third-order valence-electron chi connectivity index (χ3n) is 7.97. The summed E-state index contributed by atoms with van der Waals surface area (Å²) in [6.45, 7) is 12.8. The molecule has 2 aliphatic heterocycles. The smallest absolute Gasteiger partial charge is 0.410 e. The first-order valence-electron chi connectivity index (χ1n) is 15.8. The first-order valence-corrected chi connectivity index (χ1v) is 15.8. The fourth-order valence-corrected chi connectivity index (χ4v) is 5.82. The van der Waals surface area contributed by atoms with Crippen LogP contribution in [-0.4, -0.2) is 74.7 Å². The van der Waals surface area contributed by atoms with Gasteiger partial charge in [-0.2, -0.15) is 0 Å². The van der Waals surface area contributed by atoms with Crippen LogP contribution in [0.5, 0.6) is 0 Å². The number of ether oxygens (including phenoxy) is 2. The third kappa shape index (κ3) is 8.04. The van der Waals surface area contributed by atoms with Gasteiger partial charge in [-0.3, -0.25) is 9.69 Å². The van der Waals surface area contributed by atoms with Gasteiger partial charge in [0.2, 0.25) is 0 Å². The maximum atomic E-state index is 12.9. The van der Waals surface area contributed by atoms with Crippen LogP contribution in [0.1, 0.15) is 89.4 Å². The van der Waals surface area contributed by atoms with Gasteiger partial charge >= 0.3 is 12.2 Å². The van der Waals surface area contributed by atoms with E-state index in [0.29, 0.717) is 25.2 Å². The van der Waals surface area contributed by atoms with E-state index in [0.717, 1.165) is 53.9 Å². The van der Waals surface area contributed by atoms with Gasteiger partial charge in [0.05, 0.1) is 24.0 Å². The Bertz CT molecular complexity index is 1500. The number of amides is 3. The van der Waals surface area contributed by atoms with E-state index < -0.39 is 11.2 Å². The molecule has 10 nitrogen and oxygen atoms in total.